The van der Waals surface area contributed by atoms with Gasteiger partial charge in [-0.3, -0.25) is 0 Å². The van der Waals surface area contributed by atoms with Crippen LogP contribution in [0.1, 0.15) is 27.7 Å². The van der Waals surface area contributed by atoms with Gasteiger partial charge in [-0.05, 0) is 11.8 Å². The lowest BCUT2D eigenvalue weighted by Crippen LogP contribution is -2.39. The molecule has 4 nitrogen and oxygen atoms in total. The standard InChI is InChI=1S/C9H18N2O2S/c1-7(2)6-14(12,13)11-9(5-10)8(3)4/h7-9,11H,6H2,1-4H3. The van der Waals surface area contributed by atoms with E-state index in [-0.39, 0.29) is 17.6 Å². The summed E-state index contributed by atoms with van der Waals surface area (Å²) in [5.41, 5.74) is 0. The molecule has 0 saturated carbocycles. The van der Waals surface area contributed by atoms with E-state index in [0.717, 1.165) is 0 Å². The summed E-state index contributed by atoms with van der Waals surface area (Å²) in [7, 11) is -3.31. The highest BCUT2D eigenvalue weighted by Gasteiger charge is 2.20. The predicted molar refractivity (Wildman–Crippen MR) is 56.0 cm³/mol. The van der Waals surface area contributed by atoms with Crippen molar-refractivity contribution in [1.82, 2.24) is 4.72 Å². The third kappa shape index (κ3) is 5.20. The van der Waals surface area contributed by atoms with Crippen molar-refractivity contribution in [2.24, 2.45) is 11.8 Å². The fraction of sp³-hybridized carbons (Fsp3) is 0.889. The summed E-state index contributed by atoms with van der Waals surface area (Å²) >= 11 is 0. The first-order valence-corrected chi connectivity index (χ1v) is 6.33. The second-order valence-electron chi connectivity index (χ2n) is 4.14. The van der Waals surface area contributed by atoms with Crippen LogP contribution in [0.2, 0.25) is 0 Å². The average molecular weight is 218 g/mol. The molecule has 0 aliphatic rings. The molecular formula is C9H18N2O2S. The van der Waals surface area contributed by atoms with Crippen LogP contribution in [0, 0.1) is 23.2 Å². The quantitative estimate of drug-likeness (QED) is 0.751. The molecule has 1 atom stereocenters. The van der Waals surface area contributed by atoms with E-state index in [1.807, 2.05) is 33.8 Å². The SMILES string of the molecule is CC(C)CS(=O)(=O)NC(C#N)C(C)C. The van der Waals surface area contributed by atoms with E-state index in [9.17, 15) is 8.42 Å². The Morgan fingerprint density at radius 2 is 1.79 bits per heavy atom. The van der Waals surface area contributed by atoms with Crippen LogP contribution in [0.25, 0.3) is 0 Å². The first-order valence-electron chi connectivity index (χ1n) is 4.68. The van der Waals surface area contributed by atoms with Crippen LogP contribution >= 0.6 is 0 Å². The maximum absolute atomic E-state index is 11.5. The highest BCUT2D eigenvalue weighted by Crippen LogP contribution is 2.04. The summed E-state index contributed by atoms with van der Waals surface area (Å²) in [4.78, 5) is 0. The van der Waals surface area contributed by atoms with E-state index in [2.05, 4.69) is 4.72 Å². The monoisotopic (exact) mass is 218 g/mol. The molecule has 0 saturated heterocycles. The highest BCUT2D eigenvalue weighted by molar-refractivity contribution is 7.89. The minimum absolute atomic E-state index is 0.0121. The summed E-state index contributed by atoms with van der Waals surface area (Å²) in [6, 6.07) is 1.31. The molecule has 0 spiro atoms. The molecular weight excluding hydrogens is 200 g/mol. The summed E-state index contributed by atoms with van der Waals surface area (Å²) in [5, 5.41) is 8.72. The van der Waals surface area contributed by atoms with Crippen molar-refractivity contribution < 1.29 is 8.42 Å². The smallest absolute Gasteiger partial charge is 0.212 e. The Bertz CT molecular complexity index is 301. The maximum atomic E-state index is 11.5. The Kier molecular flexibility index (Phi) is 5.09. The number of sulfonamides is 1. The van der Waals surface area contributed by atoms with Crippen LogP contribution in [0.15, 0.2) is 0 Å². The van der Waals surface area contributed by atoms with Crippen LogP contribution in [-0.4, -0.2) is 20.2 Å². The molecule has 14 heavy (non-hydrogen) atoms. The molecule has 1 unspecified atom stereocenters. The van der Waals surface area contributed by atoms with Gasteiger partial charge >= 0.3 is 0 Å². The largest absolute Gasteiger partial charge is 0.213 e. The topological polar surface area (TPSA) is 70.0 Å². The van der Waals surface area contributed by atoms with Crippen LogP contribution in [0.3, 0.4) is 0 Å². The molecule has 0 aliphatic carbocycles. The zero-order chi connectivity index (χ0) is 11.4. The van der Waals surface area contributed by atoms with Gasteiger partial charge in [0.2, 0.25) is 10.0 Å². The molecule has 0 aromatic rings. The maximum Gasteiger partial charge on any atom is 0.213 e. The molecule has 1 N–H and O–H groups in total. The van der Waals surface area contributed by atoms with E-state index in [0.29, 0.717) is 0 Å². The summed E-state index contributed by atoms with van der Waals surface area (Å²) in [6.45, 7) is 7.28. The Morgan fingerprint density at radius 1 is 1.29 bits per heavy atom. The van der Waals surface area contributed by atoms with Gasteiger partial charge in [-0.1, -0.05) is 27.7 Å². The lowest BCUT2D eigenvalue weighted by atomic mass is 10.1. The van der Waals surface area contributed by atoms with E-state index >= 15 is 0 Å². The summed E-state index contributed by atoms with van der Waals surface area (Å²) < 4.78 is 25.3. The molecule has 0 bridgehead atoms. The van der Waals surface area contributed by atoms with Crippen LogP contribution in [-0.2, 0) is 10.0 Å². The van der Waals surface area contributed by atoms with Gasteiger partial charge in [0.05, 0.1) is 11.8 Å². The normalized spacial score (nSPS) is 14.4. The third-order valence-corrected chi connectivity index (χ3v) is 3.38. The Balaban J connectivity index is 4.43. The fourth-order valence-electron chi connectivity index (χ4n) is 0.992. The molecule has 82 valence electrons. The van der Waals surface area contributed by atoms with Crippen molar-refractivity contribution in [3.8, 4) is 6.07 Å². The van der Waals surface area contributed by atoms with E-state index in [4.69, 9.17) is 5.26 Å². The Hall–Kier alpha value is -0.600. The fourth-order valence-corrected chi connectivity index (χ4v) is 2.68. The lowest BCUT2D eigenvalue weighted by molar-refractivity contribution is 0.510. The molecule has 0 aromatic heterocycles. The van der Waals surface area contributed by atoms with Crippen molar-refractivity contribution in [3.05, 3.63) is 0 Å². The number of nitrogens with zero attached hydrogens (tertiary/aromatic N) is 1. The van der Waals surface area contributed by atoms with Gasteiger partial charge in [0.1, 0.15) is 6.04 Å². The predicted octanol–water partition coefficient (Wildman–Crippen LogP) is 1.11. The number of hydrogen-bond donors (Lipinski definition) is 1. The van der Waals surface area contributed by atoms with Gasteiger partial charge in [0.15, 0.2) is 0 Å². The lowest BCUT2D eigenvalue weighted by Gasteiger charge is -2.15. The Morgan fingerprint density at radius 3 is 2.07 bits per heavy atom. The van der Waals surface area contributed by atoms with Crippen LogP contribution in [0.5, 0.6) is 0 Å². The van der Waals surface area contributed by atoms with Gasteiger partial charge in [0.25, 0.3) is 0 Å². The zero-order valence-corrected chi connectivity index (χ0v) is 9.93. The van der Waals surface area contributed by atoms with Crippen molar-refractivity contribution in [2.75, 3.05) is 5.75 Å². The van der Waals surface area contributed by atoms with Crippen LogP contribution < -0.4 is 4.72 Å². The zero-order valence-electron chi connectivity index (χ0n) is 9.11. The van der Waals surface area contributed by atoms with Crippen molar-refractivity contribution in [1.29, 1.82) is 5.26 Å². The first kappa shape index (κ1) is 13.4. The second kappa shape index (κ2) is 5.32. The van der Waals surface area contributed by atoms with E-state index in [1.165, 1.54) is 0 Å². The molecule has 0 aliphatic heterocycles. The molecule has 0 radical (unpaired) electrons. The number of nitriles is 1. The second-order valence-corrected chi connectivity index (χ2v) is 5.94. The molecule has 0 aromatic carbocycles. The average Bonchev–Trinajstić information content (AvgIpc) is 1.97. The van der Waals surface area contributed by atoms with Gasteiger partial charge in [-0.15, -0.1) is 0 Å². The number of nitrogens with one attached hydrogen (secondary N) is 1. The summed E-state index contributed by atoms with van der Waals surface area (Å²) in [5.74, 6) is 0.124. The Labute approximate surface area is 86.4 Å². The van der Waals surface area contributed by atoms with Crippen LogP contribution in [0.4, 0.5) is 0 Å². The van der Waals surface area contributed by atoms with Crippen molar-refractivity contribution in [2.45, 2.75) is 33.7 Å². The number of hydrogen-bond acceptors (Lipinski definition) is 3. The van der Waals surface area contributed by atoms with Gasteiger partial charge in [0, 0.05) is 0 Å². The van der Waals surface area contributed by atoms with Crippen molar-refractivity contribution in [3.63, 3.8) is 0 Å². The van der Waals surface area contributed by atoms with Gasteiger partial charge in [-0.2, -0.15) is 9.98 Å². The third-order valence-electron chi connectivity index (χ3n) is 1.67. The molecule has 0 heterocycles. The minimum Gasteiger partial charge on any atom is -0.212 e. The summed E-state index contributed by atoms with van der Waals surface area (Å²) in [6.07, 6.45) is 0. The minimum atomic E-state index is -3.31. The van der Waals surface area contributed by atoms with E-state index in [1.54, 1.807) is 0 Å². The van der Waals surface area contributed by atoms with Gasteiger partial charge < -0.3 is 0 Å². The van der Waals surface area contributed by atoms with E-state index < -0.39 is 16.1 Å². The number of rotatable bonds is 5. The molecule has 0 rings (SSSR count). The molecule has 0 amide bonds. The van der Waals surface area contributed by atoms with Crippen molar-refractivity contribution >= 4 is 10.0 Å². The highest BCUT2D eigenvalue weighted by atomic mass is 32.2. The van der Waals surface area contributed by atoms with Gasteiger partial charge in [-0.25, -0.2) is 8.42 Å². The molecule has 5 heteroatoms. The first-order chi connectivity index (χ1) is 6.28. The molecule has 0 fully saturated rings.